The lowest BCUT2D eigenvalue weighted by Gasteiger charge is -2.37. The Hall–Kier alpha value is -7.66. The number of aromatic nitrogens is 4. The Bertz CT molecular complexity index is 3280. The van der Waals surface area contributed by atoms with Crippen LogP contribution in [0.4, 0.5) is 16.6 Å². The molecule has 1 aliphatic carbocycles. The van der Waals surface area contributed by atoms with E-state index in [0.29, 0.717) is 98.6 Å². The Morgan fingerprint density at radius 2 is 1.63 bits per heavy atom. The monoisotopic (exact) mass is 999 g/mol. The fraction of sp³-hybridized carbons (Fsp3) is 0.357. The van der Waals surface area contributed by atoms with Crippen molar-refractivity contribution >= 4 is 78.7 Å². The third-order valence-electron chi connectivity index (χ3n) is 15.2. The molecule has 4 amide bonds. The molecule has 4 aromatic carbocycles. The summed E-state index contributed by atoms with van der Waals surface area (Å²) in [7, 11) is 1.89. The smallest absolute Gasteiger partial charge is 0.355 e. The standard InChI is InChI=1S/C56H57N9O7S/c1-33-31-37(18-19-38(33)39-20-22-47(58-51(39)55(70)71)65-26-25-35-7-5-8-40(43(35)32-65)53(68)60-56-57-44-10-3-4-12-46(44)73-56)72-36-16-13-34(14-17-36)15-24-49(67)64-29-27-63(28-30-64)45-11-6-9-41-50(61-62(2)52(41)45)42-21-23-48(66)59-54(42)69/h3-12,18-20,22,31,34,36,42H,13-17,21,23-30,32H2,1-2H3,(H,70,71)(H,57,60,68)(H,59,66,69). The van der Waals surface area contributed by atoms with Crippen LogP contribution in [0.5, 0.6) is 5.75 Å². The van der Waals surface area contributed by atoms with Gasteiger partial charge in [-0.3, -0.25) is 34.5 Å². The van der Waals surface area contributed by atoms with Crippen molar-refractivity contribution in [1.29, 1.82) is 0 Å². The number of carboxylic acid groups (broad SMARTS) is 1. The molecule has 73 heavy (non-hydrogen) atoms. The average Bonchev–Trinajstić information content (AvgIpc) is 3.97. The minimum atomic E-state index is -1.12. The number of aromatic carboxylic acids is 1. The summed E-state index contributed by atoms with van der Waals surface area (Å²) < 4.78 is 9.34. The number of carbonyl (C=O) groups excluding carboxylic acids is 4. The number of imide groups is 1. The third kappa shape index (κ3) is 9.73. The summed E-state index contributed by atoms with van der Waals surface area (Å²) in [5.41, 5.74) is 8.15. The van der Waals surface area contributed by atoms with E-state index in [-0.39, 0.29) is 35.4 Å². The van der Waals surface area contributed by atoms with Gasteiger partial charge in [0.1, 0.15) is 11.6 Å². The molecule has 1 atom stereocenters. The SMILES string of the molecule is Cc1cc(OC2CCC(CCC(=O)N3CCN(c4cccc5c(C6CCC(=O)NC6=O)nn(C)c45)CC3)CC2)ccc1-c1ccc(N2CCc3cccc(C(=O)Nc4nc5ccccc5s4)c3C2)nc1C(=O)O. The van der Waals surface area contributed by atoms with Crippen molar-refractivity contribution in [2.45, 2.75) is 83.3 Å². The summed E-state index contributed by atoms with van der Waals surface area (Å²) in [6, 6.07) is 29.1. The number of nitrogens with zero attached hydrogens (tertiary/aromatic N) is 7. The maximum atomic E-state index is 13.6. The van der Waals surface area contributed by atoms with Gasteiger partial charge in [-0.2, -0.15) is 5.10 Å². The predicted octanol–water partition coefficient (Wildman–Crippen LogP) is 8.65. The van der Waals surface area contributed by atoms with Gasteiger partial charge in [0, 0.05) is 75.7 Å². The van der Waals surface area contributed by atoms with E-state index in [4.69, 9.17) is 14.8 Å². The van der Waals surface area contributed by atoms with E-state index in [1.54, 1.807) is 0 Å². The first-order chi connectivity index (χ1) is 35.4. The molecule has 0 radical (unpaired) electrons. The van der Waals surface area contributed by atoms with E-state index in [9.17, 15) is 29.1 Å². The lowest BCUT2D eigenvalue weighted by atomic mass is 9.84. The van der Waals surface area contributed by atoms with Gasteiger partial charge < -0.3 is 24.5 Å². The third-order valence-corrected chi connectivity index (χ3v) is 16.2. The van der Waals surface area contributed by atoms with Crippen molar-refractivity contribution in [2.24, 2.45) is 13.0 Å². The summed E-state index contributed by atoms with van der Waals surface area (Å²) in [5.74, 6) is -0.443. The van der Waals surface area contributed by atoms with Crippen LogP contribution in [0.2, 0.25) is 0 Å². The number of nitrogens with one attached hydrogen (secondary N) is 2. The molecular formula is C56H57N9O7S. The summed E-state index contributed by atoms with van der Waals surface area (Å²) in [6.07, 6.45) is 6.61. The molecule has 1 unspecified atom stereocenters. The maximum Gasteiger partial charge on any atom is 0.355 e. The lowest BCUT2D eigenvalue weighted by Crippen LogP contribution is -2.49. The van der Waals surface area contributed by atoms with Gasteiger partial charge >= 0.3 is 5.97 Å². The van der Waals surface area contributed by atoms with Crippen LogP contribution < -0.4 is 25.2 Å². The number of piperazine rings is 1. The highest BCUT2D eigenvalue weighted by molar-refractivity contribution is 7.22. The number of amides is 4. The quantitative estimate of drug-likeness (QED) is 0.0989. The van der Waals surface area contributed by atoms with E-state index in [2.05, 4.69) is 26.6 Å². The van der Waals surface area contributed by atoms with Gasteiger partial charge in [-0.15, -0.1) is 0 Å². The van der Waals surface area contributed by atoms with E-state index in [0.717, 1.165) is 86.9 Å². The fourth-order valence-electron chi connectivity index (χ4n) is 11.3. The minimum absolute atomic E-state index is 0.0388. The molecule has 7 aromatic rings. The fourth-order valence-corrected chi connectivity index (χ4v) is 12.2. The number of piperidine rings is 1. The van der Waals surface area contributed by atoms with E-state index >= 15 is 0 Å². The zero-order valence-electron chi connectivity index (χ0n) is 40.9. The molecule has 374 valence electrons. The molecule has 6 heterocycles. The predicted molar refractivity (Wildman–Crippen MR) is 280 cm³/mol. The van der Waals surface area contributed by atoms with Gasteiger partial charge in [0.2, 0.25) is 17.7 Å². The van der Waals surface area contributed by atoms with Gasteiger partial charge in [-0.1, -0.05) is 53.8 Å². The number of fused-ring (bicyclic) bond motifs is 3. The highest BCUT2D eigenvalue weighted by Crippen LogP contribution is 2.38. The second kappa shape index (κ2) is 20.1. The minimum Gasteiger partial charge on any atom is -0.490 e. The van der Waals surface area contributed by atoms with Crippen LogP contribution in [-0.2, 0) is 34.4 Å². The van der Waals surface area contributed by atoms with Crippen LogP contribution in [0.15, 0.2) is 91.0 Å². The Balaban J connectivity index is 0.665. The largest absolute Gasteiger partial charge is 0.490 e. The van der Waals surface area contributed by atoms with Gasteiger partial charge in [-0.25, -0.2) is 14.8 Å². The number of thiazole rings is 1. The van der Waals surface area contributed by atoms with Gasteiger partial charge in [0.05, 0.1) is 39.1 Å². The number of rotatable bonds is 12. The number of pyridine rings is 1. The molecule has 0 spiro atoms. The van der Waals surface area contributed by atoms with E-state index in [1.807, 2.05) is 113 Å². The summed E-state index contributed by atoms with van der Waals surface area (Å²) in [4.78, 5) is 80.0. The number of carbonyl (C=O) groups is 5. The lowest BCUT2D eigenvalue weighted by molar-refractivity contribution is -0.134. The van der Waals surface area contributed by atoms with E-state index < -0.39 is 11.9 Å². The molecule has 1 saturated carbocycles. The molecule has 2 saturated heterocycles. The number of para-hydroxylation sites is 2. The highest BCUT2D eigenvalue weighted by atomic mass is 32.1. The number of benzene rings is 4. The van der Waals surface area contributed by atoms with Crippen LogP contribution in [0.25, 0.3) is 32.2 Å². The first-order valence-corrected chi connectivity index (χ1v) is 26.1. The van der Waals surface area contributed by atoms with Crippen molar-refractivity contribution in [2.75, 3.05) is 47.8 Å². The molecule has 3 N–H and O–H groups in total. The number of carboxylic acids is 1. The Morgan fingerprint density at radius 1 is 0.836 bits per heavy atom. The highest BCUT2D eigenvalue weighted by Gasteiger charge is 2.34. The molecule has 4 aliphatic rings. The Kier molecular flexibility index (Phi) is 13.1. The Morgan fingerprint density at radius 3 is 2.41 bits per heavy atom. The second-order valence-electron chi connectivity index (χ2n) is 19.8. The van der Waals surface area contributed by atoms with Crippen molar-refractivity contribution in [1.82, 2.24) is 30.0 Å². The normalized spacial score (nSPS) is 19.2. The van der Waals surface area contributed by atoms with Crippen LogP contribution in [-0.4, -0.2) is 98.2 Å². The Labute approximate surface area is 426 Å². The molecule has 17 heteroatoms. The molecule has 3 aliphatic heterocycles. The van der Waals surface area contributed by atoms with Gasteiger partial charge in [-0.05, 0) is 129 Å². The molecule has 11 rings (SSSR count). The summed E-state index contributed by atoms with van der Waals surface area (Å²) in [6.45, 7) is 5.65. The molecular weight excluding hydrogens is 943 g/mol. The number of ether oxygens (including phenoxy) is 1. The second-order valence-corrected chi connectivity index (χ2v) is 20.8. The van der Waals surface area contributed by atoms with Crippen LogP contribution in [0.1, 0.15) is 101 Å². The number of hydrogen-bond acceptors (Lipinski definition) is 12. The molecule has 3 aromatic heterocycles. The van der Waals surface area contributed by atoms with Crippen molar-refractivity contribution in [3.05, 3.63) is 125 Å². The first-order valence-electron chi connectivity index (χ1n) is 25.3. The first kappa shape index (κ1) is 47.7. The zero-order valence-corrected chi connectivity index (χ0v) is 41.8. The van der Waals surface area contributed by atoms with Crippen molar-refractivity contribution in [3.8, 4) is 16.9 Å². The van der Waals surface area contributed by atoms with Crippen LogP contribution >= 0.6 is 11.3 Å². The molecule has 3 fully saturated rings. The van der Waals surface area contributed by atoms with E-state index in [1.165, 1.54) is 11.3 Å². The van der Waals surface area contributed by atoms with Crippen molar-refractivity contribution in [3.63, 3.8) is 0 Å². The van der Waals surface area contributed by atoms with Gasteiger partial charge in [0.15, 0.2) is 10.8 Å². The molecule has 0 bridgehead atoms. The number of aryl methyl sites for hydroxylation is 2. The topological polar surface area (TPSA) is 192 Å². The summed E-state index contributed by atoms with van der Waals surface area (Å²) >= 11 is 1.43. The average molecular weight is 1000 g/mol. The zero-order chi connectivity index (χ0) is 50.3. The van der Waals surface area contributed by atoms with Crippen LogP contribution in [0, 0.1) is 12.8 Å². The summed E-state index contributed by atoms with van der Waals surface area (Å²) in [5, 5.41) is 22.1. The number of hydrogen-bond donors (Lipinski definition) is 3. The van der Waals surface area contributed by atoms with Crippen molar-refractivity contribution < 1.29 is 33.8 Å². The van der Waals surface area contributed by atoms with Gasteiger partial charge in [0.25, 0.3) is 5.91 Å². The molecule has 16 nitrogen and oxygen atoms in total. The van der Waals surface area contributed by atoms with Crippen LogP contribution in [0.3, 0.4) is 0 Å². The maximum absolute atomic E-state index is 13.6. The number of anilines is 3.